The number of rotatable bonds is 7. The van der Waals surface area contributed by atoms with Crippen LogP contribution in [0.15, 0.2) is 102 Å². The summed E-state index contributed by atoms with van der Waals surface area (Å²) in [5, 5.41) is 36.7. The molecule has 4 N–H and O–H groups in total. The van der Waals surface area contributed by atoms with Gasteiger partial charge in [0, 0.05) is 12.1 Å². The van der Waals surface area contributed by atoms with Crippen LogP contribution in [0.4, 0.5) is 22.7 Å². The Morgan fingerprint density at radius 1 is 0.733 bits per heavy atom. The van der Waals surface area contributed by atoms with Crippen LogP contribution in [0.25, 0.3) is 16.5 Å². The van der Waals surface area contributed by atoms with Crippen molar-refractivity contribution in [2.75, 3.05) is 0 Å². The number of azo groups is 2. The van der Waals surface area contributed by atoms with Crippen LogP contribution in [0.2, 0.25) is 5.02 Å². The molecule has 0 bridgehead atoms. The molecule has 0 fully saturated rings. The Balaban J connectivity index is 1.77. The molecule has 1 heterocycles. The van der Waals surface area contributed by atoms with Crippen LogP contribution in [-0.2, 0) is 27.3 Å². The van der Waals surface area contributed by atoms with E-state index in [2.05, 4.69) is 20.5 Å². The van der Waals surface area contributed by atoms with Crippen LogP contribution >= 0.6 is 11.6 Å². The fraction of sp³-hybridized carbons (Fsp3) is 0.0741. The standard InChI is InChI=1S/C27H21ClN6O9S2/c1-14-22(27(37)34(33(14)2)18-9-4-3-5-10-18)30-32-24-20(45(41,42)43)12-15-11-19(44(38,39)40)23(25(35)21(15)26(24)36)31-29-17-8-6-7-16(28)13-17/h3-13,35-36H,1-2H3,(H,38,39,40)(H,41,42,43). The molecule has 5 aromatic rings. The van der Waals surface area contributed by atoms with Crippen molar-refractivity contribution >= 4 is 65.4 Å². The first-order chi connectivity index (χ1) is 21.1. The predicted molar refractivity (Wildman–Crippen MR) is 162 cm³/mol. The smallest absolute Gasteiger partial charge is 0.299 e. The maximum absolute atomic E-state index is 13.3. The number of para-hydroxylation sites is 1. The van der Waals surface area contributed by atoms with Gasteiger partial charge in [0.25, 0.3) is 25.8 Å². The molecule has 0 saturated heterocycles. The van der Waals surface area contributed by atoms with Crippen LogP contribution < -0.4 is 5.56 Å². The highest BCUT2D eigenvalue weighted by molar-refractivity contribution is 7.86. The van der Waals surface area contributed by atoms with Gasteiger partial charge >= 0.3 is 0 Å². The number of hydrogen-bond donors (Lipinski definition) is 4. The summed E-state index contributed by atoms with van der Waals surface area (Å²) in [7, 11) is -8.74. The van der Waals surface area contributed by atoms with Gasteiger partial charge in [0.1, 0.15) is 21.2 Å². The van der Waals surface area contributed by atoms with Gasteiger partial charge in [-0.1, -0.05) is 35.9 Å². The zero-order valence-corrected chi connectivity index (χ0v) is 25.4. The molecule has 0 atom stereocenters. The average Bonchev–Trinajstić information content (AvgIpc) is 3.17. The van der Waals surface area contributed by atoms with Crippen molar-refractivity contribution in [3.8, 4) is 17.2 Å². The molecule has 0 aliphatic heterocycles. The van der Waals surface area contributed by atoms with E-state index in [1.807, 2.05) is 0 Å². The first kappa shape index (κ1) is 31.5. The highest BCUT2D eigenvalue weighted by Crippen LogP contribution is 2.50. The quantitative estimate of drug-likeness (QED) is 0.117. The third-order valence-corrected chi connectivity index (χ3v) is 8.62. The number of halogens is 1. The summed E-state index contributed by atoms with van der Waals surface area (Å²) in [6.07, 6.45) is 0. The first-order valence-electron chi connectivity index (χ1n) is 12.5. The van der Waals surface area contributed by atoms with E-state index in [9.17, 15) is 40.9 Å². The molecule has 45 heavy (non-hydrogen) atoms. The van der Waals surface area contributed by atoms with Crippen molar-refractivity contribution in [1.82, 2.24) is 9.36 Å². The lowest BCUT2D eigenvalue weighted by Crippen LogP contribution is -2.19. The van der Waals surface area contributed by atoms with Gasteiger partial charge in [-0.25, -0.2) is 4.68 Å². The minimum absolute atomic E-state index is 0.128. The topological polar surface area (TPSA) is 226 Å². The van der Waals surface area contributed by atoms with Crippen molar-refractivity contribution in [3.63, 3.8) is 0 Å². The summed E-state index contributed by atoms with van der Waals surface area (Å²) in [4.78, 5) is 11.2. The summed E-state index contributed by atoms with van der Waals surface area (Å²) >= 11 is 5.93. The zero-order valence-electron chi connectivity index (χ0n) is 23.1. The van der Waals surface area contributed by atoms with Crippen molar-refractivity contribution in [3.05, 3.63) is 87.8 Å². The van der Waals surface area contributed by atoms with Crippen molar-refractivity contribution in [2.24, 2.45) is 27.5 Å². The Morgan fingerprint density at radius 2 is 1.27 bits per heavy atom. The second kappa shape index (κ2) is 11.5. The lowest BCUT2D eigenvalue weighted by Gasteiger charge is -2.13. The lowest BCUT2D eigenvalue weighted by atomic mass is 10.1. The maximum atomic E-state index is 13.3. The molecule has 0 spiro atoms. The third-order valence-electron chi connectivity index (χ3n) is 6.65. The van der Waals surface area contributed by atoms with Gasteiger partial charge in [-0.2, -0.15) is 21.9 Å². The number of phenolic OH excluding ortho intramolecular Hbond substituents is 2. The zero-order chi connectivity index (χ0) is 32.8. The van der Waals surface area contributed by atoms with Crippen LogP contribution in [0, 0.1) is 6.92 Å². The fourth-order valence-electron chi connectivity index (χ4n) is 4.46. The number of hydrogen-bond acceptors (Lipinski definition) is 11. The molecule has 15 nitrogen and oxygen atoms in total. The van der Waals surface area contributed by atoms with Gasteiger partial charge < -0.3 is 10.2 Å². The van der Waals surface area contributed by atoms with E-state index in [1.165, 1.54) is 33.6 Å². The Labute approximate surface area is 259 Å². The van der Waals surface area contributed by atoms with Gasteiger partial charge in [0.2, 0.25) is 0 Å². The second-order valence-electron chi connectivity index (χ2n) is 9.48. The van der Waals surface area contributed by atoms with E-state index in [0.717, 1.165) is 0 Å². The molecule has 0 amide bonds. The lowest BCUT2D eigenvalue weighted by molar-refractivity contribution is 0.458. The summed E-state index contributed by atoms with van der Waals surface area (Å²) in [6, 6.07) is 15.7. The number of benzene rings is 4. The van der Waals surface area contributed by atoms with Crippen LogP contribution in [-0.4, -0.2) is 45.5 Å². The van der Waals surface area contributed by atoms with Gasteiger partial charge in [-0.15, -0.1) is 15.3 Å². The highest BCUT2D eigenvalue weighted by Gasteiger charge is 2.29. The first-order valence-corrected chi connectivity index (χ1v) is 15.8. The van der Waals surface area contributed by atoms with Gasteiger partial charge in [0.15, 0.2) is 17.2 Å². The molecule has 1 aromatic heterocycles. The molecule has 0 aliphatic carbocycles. The van der Waals surface area contributed by atoms with E-state index >= 15 is 0 Å². The molecule has 232 valence electrons. The summed E-state index contributed by atoms with van der Waals surface area (Å²) in [6.45, 7) is 1.54. The van der Waals surface area contributed by atoms with E-state index in [-0.39, 0.29) is 16.4 Å². The number of aromatic hydroxyl groups is 2. The largest absolute Gasteiger partial charge is 0.505 e. The van der Waals surface area contributed by atoms with E-state index < -0.39 is 69.2 Å². The molecular weight excluding hydrogens is 652 g/mol. The molecule has 5 rings (SSSR count). The Hall–Kier alpha value is -4.94. The minimum atomic E-state index is -5.19. The highest BCUT2D eigenvalue weighted by atomic mass is 35.5. The third kappa shape index (κ3) is 5.94. The van der Waals surface area contributed by atoms with Crippen molar-refractivity contribution in [1.29, 1.82) is 0 Å². The molecule has 0 radical (unpaired) electrons. The van der Waals surface area contributed by atoms with E-state index in [1.54, 1.807) is 44.3 Å². The predicted octanol–water partition coefficient (Wildman–Crippen LogP) is 6.03. The summed E-state index contributed by atoms with van der Waals surface area (Å²) in [5.74, 6) is -2.14. The summed E-state index contributed by atoms with van der Waals surface area (Å²) < 4.78 is 71.7. The molecule has 0 saturated carbocycles. The molecule has 0 unspecified atom stereocenters. The molecule has 18 heteroatoms. The molecule has 4 aromatic carbocycles. The van der Waals surface area contributed by atoms with E-state index in [0.29, 0.717) is 23.5 Å². The SMILES string of the molecule is Cc1c(N=Nc2c(S(=O)(=O)O)cc3cc(S(=O)(=O)O)c(N=Nc4cccc(Cl)c4)c(O)c3c2O)c(=O)n(-c2ccccc2)n1C. The van der Waals surface area contributed by atoms with Crippen LogP contribution in [0.5, 0.6) is 11.5 Å². The summed E-state index contributed by atoms with van der Waals surface area (Å²) in [5.41, 5.74) is -1.71. The average molecular weight is 673 g/mol. The normalized spacial score (nSPS) is 12.6. The number of aromatic nitrogens is 2. The molecule has 0 aliphatic rings. The van der Waals surface area contributed by atoms with E-state index in [4.69, 9.17) is 11.6 Å². The van der Waals surface area contributed by atoms with Crippen molar-refractivity contribution in [2.45, 2.75) is 16.7 Å². The van der Waals surface area contributed by atoms with Crippen molar-refractivity contribution < 1.29 is 36.2 Å². The number of fused-ring (bicyclic) bond motifs is 1. The fourth-order valence-corrected chi connectivity index (χ4v) is 5.96. The molecular formula is C27H21ClN6O9S2. The van der Waals surface area contributed by atoms with Gasteiger partial charge in [-0.3, -0.25) is 18.6 Å². The Kier molecular flexibility index (Phi) is 8.06. The second-order valence-corrected chi connectivity index (χ2v) is 12.7. The Bertz CT molecular complexity index is 2350. The van der Waals surface area contributed by atoms with Gasteiger partial charge in [-0.05, 0) is 54.8 Å². The number of phenols is 2. The monoisotopic (exact) mass is 672 g/mol. The minimum Gasteiger partial charge on any atom is -0.505 e. The number of nitrogens with zero attached hydrogens (tertiary/aromatic N) is 6. The van der Waals surface area contributed by atoms with Crippen LogP contribution in [0.1, 0.15) is 5.69 Å². The maximum Gasteiger partial charge on any atom is 0.299 e. The van der Waals surface area contributed by atoms with Crippen LogP contribution in [0.3, 0.4) is 0 Å². The van der Waals surface area contributed by atoms with Gasteiger partial charge in [0.05, 0.1) is 22.5 Å². The Morgan fingerprint density at radius 3 is 1.80 bits per heavy atom.